The number of nitrogen functional groups attached to an aromatic ring is 1. The van der Waals surface area contributed by atoms with Crippen LogP contribution < -0.4 is 11.2 Å². The first-order chi connectivity index (χ1) is 13.6. The van der Waals surface area contributed by atoms with Crippen LogP contribution in [0.5, 0.6) is 0 Å². The van der Waals surface area contributed by atoms with E-state index in [2.05, 4.69) is 27.6 Å². The molecule has 28 heavy (non-hydrogen) atoms. The summed E-state index contributed by atoms with van der Waals surface area (Å²) in [6.45, 7) is 0.606. The molecule has 0 fully saturated rings. The van der Waals surface area contributed by atoms with Gasteiger partial charge in [0.15, 0.2) is 5.82 Å². The number of nitrogens with zero attached hydrogens (tertiary/aromatic N) is 3. The highest BCUT2D eigenvalue weighted by molar-refractivity contribution is 7.99. The van der Waals surface area contributed by atoms with Gasteiger partial charge in [0.2, 0.25) is 11.1 Å². The molecule has 0 unspecified atom stereocenters. The molecule has 3 aromatic rings. The van der Waals surface area contributed by atoms with Gasteiger partial charge in [-0.1, -0.05) is 42.1 Å². The van der Waals surface area contributed by atoms with E-state index in [-0.39, 0.29) is 23.0 Å². The molecule has 0 spiro atoms. The summed E-state index contributed by atoms with van der Waals surface area (Å²) in [7, 11) is 0. The van der Waals surface area contributed by atoms with Gasteiger partial charge in [-0.3, -0.25) is 4.79 Å². The lowest BCUT2D eigenvalue weighted by molar-refractivity contribution is -0.118. The number of carbonyl (C=O) groups excluding carboxylic acids is 1. The molecule has 1 aromatic heterocycles. The van der Waals surface area contributed by atoms with Crippen LogP contribution in [0.4, 0.5) is 4.39 Å². The molecule has 0 saturated heterocycles. The van der Waals surface area contributed by atoms with E-state index in [1.807, 2.05) is 18.2 Å². The second kappa shape index (κ2) is 10.1. The first-order valence-corrected chi connectivity index (χ1v) is 10.6. The molecule has 0 aliphatic carbocycles. The number of amides is 1. The zero-order chi connectivity index (χ0) is 19.8. The fraction of sp³-hybridized carbons (Fsp3) is 0.211. The van der Waals surface area contributed by atoms with Gasteiger partial charge >= 0.3 is 0 Å². The normalized spacial score (nSPS) is 10.8. The van der Waals surface area contributed by atoms with E-state index < -0.39 is 5.82 Å². The van der Waals surface area contributed by atoms with Crippen LogP contribution in [0.1, 0.15) is 6.42 Å². The Morgan fingerprint density at radius 2 is 1.82 bits per heavy atom. The summed E-state index contributed by atoms with van der Waals surface area (Å²) in [4.78, 5) is 13.2. The van der Waals surface area contributed by atoms with E-state index in [1.54, 1.807) is 30.0 Å². The Bertz CT molecular complexity index is 920. The first kappa shape index (κ1) is 20.2. The molecule has 0 aliphatic rings. The molecule has 1 heterocycles. The Morgan fingerprint density at radius 3 is 2.61 bits per heavy atom. The zero-order valence-electron chi connectivity index (χ0n) is 15.0. The van der Waals surface area contributed by atoms with Crippen molar-refractivity contribution < 1.29 is 9.18 Å². The average Bonchev–Trinajstić information content (AvgIpc) is 3.07. The third-order valence-electron chi connectivity index (χ3n) is 3.77. The van der Waals surface area contributed by atoms with Gasteiger partial charge in [0, 0.05) is 11.4 Å². The zero-order valence-corrected chi connectivity index (χ0v) is 16.7. The first-order valence-electron chi connectivity index (χ1n) is 8.68. The van der Waals surface area contributed by atoms with E-state index in [1.165, 1.54) is 15.6 Å². The van der Waals surface area contributed by atoms with Crippen LogP contribution in [0, 0.1) is 5.82 Å². The third kappa shape index (κ3) is 5.49. The lowest BCUT2D eigenvalue weighted by Gasteiger charge is -2.06. The van der Waals surface area contributed by atoms with E-state index in [0.717, 1.165) is 23.9 Å². The van der Waals surface area contributed by atoms with Gasteiger partial charge in [0.1, 0.15) is 5.82 Å². The molecule has 1 amide bonds. The fourth-order valence-corrected chi connectivity index (χ4v) is 3.95. The Morgan fingerprint density at radius 1 is 1.07 bits per heavy atom. The second-order valence-corrected chi connectivity index (χ2v) is 7.92. The molecule has 2 aromatic carbocycles. The molecule has 3 rings (SSSR count). The maximum absolute atomic E-state index is 13.9. The van der Waals surface area contributed by atoms with Gasteiger partial charge in [-0.15, -0.1) is 22.0 Å². The van der Waals surface area contributed by atoms with Gasteiger partial charge in [-0.25, -0.2) is 9.07 Å². The van der Waals surface area contributed by atoms with Crippen LogP contribution in [0.2, 0.25) is 0 Å². The number of rotatable bonds is 9. The molecule has 0 bridgehead atoms. The number of halogens is 1. The summed E-state index contributed by atoms with van der Waals surface area (Å²) in [6, 6.07) is 16.3. The van der Waals surface area contributed by atoms with Crippen LogP contribution in [0.3, 0.4) is 0 Å². The molecule has 3 N–H and O–H groups in total. The average molecular weight is 418 g/mol. The largest absolute Gasteiger partial charge is 0.355 e. The van der Waals surface area contributed by atoms with Crippen LogP contribution in [0.15, 0.2) is 64.6 Å². The minimum Gasteiger partial charge on any atom is -0.355 e. The molecule has 0 atom stereocenters. The van der Waals surface area contributed by atoms with Crippen LogP contribution >= 0.6 is 23.5 Å². The summed E-state index contributed by atoms with van der Waals surface area (Å²) < 4.78 is 15.1. The molecule has 0 saturated carbocycles. The quantitative estimate of drug-likeness (QED) is 0.316. The Kier molecular flexibility index (Phi) is 7.32. The van der Waals surface area contributed by atoms with Crippen molar-refractivity contribution >= 4 is 29.4 Å². The lowest BCUT2D eigenvalue weighted by Crippen LogP contribution is -2.26. The number of nitrogens with one attached hydrogen (secondary N) is 1. The van der Waals surface area contributed by atoms with Crippen molar-refractivity contribution in [2.45, 2.75) is 16.5 Å². The van der Waals surface area contributed by atoms with Crippen LogP contribution in [-0.4, -0.2) is 38.8 Å². The third-order valence-corrected chi connectivity index (χ3v) is 5.81. The van der Waals surface area contributed by atoms with E-state index in [9.17, 15) is 9.18 Å². The highest BCUT2D eigenvalue weighted by Gasteiger charge is 2.16. The van der Waals surface area contributed by atoms with Crippen LogP contribution in [0.25, 0.3) is 11.4 Å². The summed E-state index contributed by atoms with van der Waals surface area (Å²) in [5, 5.41) is 11.1. The molecular formula is C19H20FN5OS2. The van der Waals surface area contributed by atoms with E-state index >= 15 is 0 Å². The monoisotopic (exact) mass is 417 g/mol. The lowest BCUT2D eigenvalue weighted by atomic mass is 10.2. The van der Waals surface area contributed by atoms with Crippen molar-refractivity contribution in [1.82, 2.24) is 20.2 Å². The highest BCUT2D eigenvalue weighted by atomic mass is 32.2. The minimum atomic E-state index is -0.427. The molecule has 6 nitrogen and oxygen atoms in total. The molecular weight excluding hydrogens is 397 g/mol. The number of aromatic nitrogens is 3. The molecule has 146 valence electrons. The minimum absolute atomic E-state index is 0.106. The second-order valence-electron chi connectivity index (χ2n) is 5.81. The van der Waals surface area contributed by atoms with Crippen molar-refractivity contribution in [1.29, 1.82) is 0 Å². The molecule has 0 radical (unpaired) electrons. The standard InChI is InChI=1S/C19H20FN5OS2/c20-16-10-5-4-9-15(16)18-23-24-19(25(18)21)28-13-17(26)22-11-6-12-27-14-7-2-1-3-8-14/h1-5,7-10H,6,11-13,21H2,(H,22,26). The fourth-order valence-electron chi connectivity index (χ4n) is 2.39. The molecule has 9 heteroatoms. The summed E-state index contributed by atoms with van der Waals surface area (Å²) in [5.74, 6) is 6.74. The van der Waals surface area contributed by atoms with Crippen molar-refractivity contribution in [2.24, 2.45) is 0 Å². The number of hydrogen-bond acceptors (Lipinski definition) is 6. The van der Waals surface area contributed by atoms with Crippen molar-refractivity contribution in [3.05, 3.63) is 60.4 Å². The van der Waals surface area contributed by atoms with E-state index in [0.29, 0.717) is 11.7 Å². The number of nitrogens with two attached hydrogens (primary N) is 1. The van der Waals surface area contributed by atoms with Crippen molar-refractivity contribution in [3.63, 3.8) is 0 Å². The Labute approximate surface area is 171 Å². The van der Waals surface area contributed by atoms with Crippen LogP contribution in [-0.2, 0) is 4.79 Å². The maximum Gasteiger partial charge on any atom is 0.230 e. The summed E-state index contributed by atoms with van der Waals surface area (Å²) >= 11 is 2.92. The predicted molar refractivity (Wildman–Crippen MR) is 111 cm³/mol. The van der Waals surface area contributed by atoms with Gasteiger partial charge in [-0.05, 0) is 36.4 Å². The van der Waals surface area contributed by atoms with Gasteiger partial charge < -0.3 is 11.2 Å². The number of benzene rings is 2. The molecule has 0 aliphatic heterocycles. The predicted octanol–water partition coefficient (Wildman–Crippen LogP) is 3.19. The van der Waals surface area contributed by atoms with Gasteiger partial charge in [0.25, 0.3) is 0 Å². The SMILES string of the molecule is Nn1c(SCC(=O)NCCCSc2ccccc2)nnc1-c1ccccc1F. The topological polar surface area (TPSA) is 85.8 Å². The summed E-state index contributed by atoms with van der Waals surface area (Å²) in [6.07, 6.45) is 0.875. The Balaban J connectivity index is 1.41. The van der Waals surface area contributed by atoms with Crippen molar-refractivity contribution in [3.8, 4) is 11.4 Å². The number of hydrogen-bond donors (Lipinski definition) is 2. The Hall–Kier alpha value is -2.52. The smallest absolute Gasteiger partial charge is 0.230 e. The van der Waals surface area contributed by atoms with E-state index in [4.69, 9.17) is 5.84 Å². The number of thioether (sulfide) groups is 2. The highest BCUT2D eigenvalue weighted by Crippen LogP contribution is 2.23. The van der Waals surface area contributed by atoms with Gasteiger partial charge in [-0.2, -0.15) is 0 Å². The summed E-state index contributed by atoms with van der Waals surface area (Å²) in [5.41, 5.74) is 0.268. The maximum atomic E-state index is 13.9. The number of carbonyl (C=O) groups is 1. The van der Waals surface area contributed by atoms with Crippen molar-refractivity contribution in [2.75, 3.05) is 23.9 Å². The van der Waals surface area contributed by atoms with Gasteiger partial charge in [0.05, 0.1) is 11.3 Å².